The molecule has 0 spiro atoms. The number of aryl methyl sites for hydroxylation is 2. The summed E-state index contributed by atoms with van der Waals surface area (Å²) in [6.45, 7) is 9.11. The van der Waals surface area contributed by atoms with Crippen molar-refractivity contribution >= 4 is 23.5 Å². The van der Waals surface area contributed by atoms with E-state index in [1.165, 1.54) is 11.8 Å². The Labute approximate surface area is 151 Å². The summed E-state index contributed by atoms with van der Waals surface area (Å²) < 4.78 is 6.63. The van der Waals surface area contributed by atoms with E-state index in [1.807, 2.05) is 32.0 Å². The predicted molar refractivity (Wildman–Crippen MR) is 94.8 cm³/mol. The van der Waals surface area contributed by atoms with Crippen molar-refractivity contribution in [2.45, 2.75) is 39.8 Å². The molecule has 1 aromatic carbocycles. The molecule has 25 heavy (non-hydrogen) atoms. The van der Waals surface area contributed by atoms with E-state index in [2.05, 4.69) is 15.5 Å². The molecular weight excluding hydrogens is 340 g/mol. The average Bonchev–Trinajstić information content (AvgIpc) is 3.00. The fourth-order valence-corrected chi connectivity index (χ4v) is 2.58. The van der Waals surface area contributed by atoms with E-state index in [1.54, 1.807) is 25.5 Å². The van der Waals surface area contributed by atoms with Gasteiger partial charge < -0.3 is 4.74 Å². The van der Waals surface area contributed by atoms with Gasteiger partial charge in [0.05, 0.1) is 11.4 Å². The third-order valence-corrected chi connectivity index (χ3v) is 4.45. The molecule has 8 heteroatoms. The lowest BCUT2D eigenvalue weighted by Gasteiger charge is -2.16. The number of esters is 1. The quantitative estimate of drug-likeness (QED) is 0.576. The Hall–Kier alpha value is -2.22. The highest BCUT2D eigenvalue weighted by Gasteiger charge is 2.22. The zero-order valence-corrected chi connectivity index (χ0v) is 15.9. The van der Waals surface area contributed by atoms with Gasteiger partial charge in [0.15, 0.2) is 12.4 Å². The second-order valence-electron chi connectivity index (χ2n) is 6.79. The Balaban J connectivity index is 1.99. The van der Waals surface area contributed by atoms with Crippen LogP contribution in [0.15, 0.2) is 23.4 Å². The molecule has 0 bridgehead atoms. The van der Waals surface area contributed by atoms with Crippen molar-refractivity contribution in [3.05, 3.63) is 29.3 Å². The van der Waals surface area contributed by atoms with Crippen LogP contribution in [0.3, 0.4) is 0 Å². The molecule has 0 fully saturated rings. The number of hydrogen-bond acceptors (Lipinski definition) is 7. The van der Waals surface area contributed by atoms with Crippen LogP contribution in [-0.4, -0.2) is 44.3 Å². The van der Waals surface area contributed by atoms with Gasteiger partial charge in [0.1, 0.15) is 0 Å². The lowest BCUT2D eigenvalue weighted by molar-refractivity contribution is -0.147. The van der Waals surface area contributed by atoms with Gasteiger partial charge in [-0.15, -0.1) is 5.10 Å². The summed E-state index contributed by atoms with van der Waals surface area (Å²) >= 11 is 1.17. The number of nitrogens with zero attached hydrogens (tertiary/aromatic N) is 4. The lowest BCUT2D eigenvalue weighted by Crippen LogP contribution is -2.26. The maximum Gasteiger partial charge on any atom is 0.316 e. The fraction of sp³-hybridized carbons (Fsp3) is 0.471. The summed E-state index contributed by atoms with van der Waals surface area (Å²) in [5, 5.41) is 12.1. The third-order valence-electron chi connectivity index (χ3n) is 3.55. The predicted octanol–water partition coefficient (Wildman–Crippen LogP) is 2.53. The maximum absolute atomic E-state index is 11.9. The monoisotopic (exact) mass is 362 g/mol. The molecule has 0 aliphatic heterocycles. The van der Waals surface area contributed by atoms with Gasteiger partial charge in [0.2, 0.25) is 5.16 Å². The van der Waals surface area contributed by atoms with Crippen LogP contribution in [0.25, 0.3) is 5.69 Å². The number of ether oxygens (including phenoxy) is 1. The number of aromatic nitrogens is 4. The van der Waals surface area contributed by atoms with E-state index in [0.29, 0.717) is 5.16 Å². The van der Waals surface area contributed by atoms with Gasteiger partial charge in [0, 0.05) is 5.41 Å². The minimum Gasteiger partial charge on any atom is -0.457 e. The van der Waals surface area contributed by atoms with Crippen molar-refractivity contribution in [2.75, 3.05) is 12.4 Å². The van der Waals surface area contributed by atoms with Crippen LogP contribution in [-0.2, 0) is 14.3 Å². The number of rotatable bonds is 6. The SMILES string of the molecule is Cc1ccc(C)c(-n2nnnc2SCC(=O)OCC(=O)C(C)(C)C)c1. The largest absolute Gasteiger partial charge is 0.457 e. The van der Waals surface area contributed by atoms with E-state index in [9.17, 15) is 9.59 Å². The van der Waals surface area contributed by atoms with E-state index in [4.69, 9.17) is 4.74 Å². The summed E-state index contributed by atoms with van der Waals surface area (Å²) in [5.41, 5.74) is 2.45. The highest BCUT2D eigenvalue weighted by molar-refractivity contribution is 7.99. The number of tetrazole rings is 1. The molecule has 0 aliphatic rings. The van der Waals surface area contributed by atoms with Crippen LogP contribution in [0.4, 0.5) is 0 Å². The van der Waals surface area contributed by atoms with Gasteiger partial charge in [-0.1, -0.05) is 44.7 Å². The number of hydrogen-bond donors (Lipinski definition) is 0. The first-order valence-corrected chi connectivity index (χ1v) is 8.85. The number of Topliss-reactive ketones (excluding diaryl/α,β-unsaturated/α-hetero) is 1. The molecule has 0 N–H and O–H groups in total. The van der Waals surface area contributed by atoms with Gasteiger partial charge in [-0.05, 0) is 41.5 Å². The molecule has 0 saturated carbocycles. The lowest BCUT2D eigenvalue weighted by atomic mass is 9.91. The molecule has 1 heterocycles. The second-order valence-corrected chi connectivity index (χ2v) is 7.73. The Morgan fingerprint density at radius 2 is 1.96 bits per heavy atom. The summed E-state index contributed by atoms with van der Waals surface area (Å²) in [4.78, 5) is 23.7. The fourth-order valence-electron chi connectivity index (χ4n) is 1.90. The first-order chi connectivity index (χ1) is 11.7. The standard InChI is InChI=1S/C17H22N4O3S/c1-11-6-7-12(2)13(8-11)21-16(18-19-20-21)25-10-15(23)24-9-14(22)17(3,4)5/h6-8H,9-10H2,1-5H3. The number of thioether (sulfide) groups is 1. The molecule has 0 atom stereocenters. The number of benzene rings is 1. The minimum absolute atomic E-state index is 0.0304. The van der Waals surface area contributed by atoms with Crippen LogP contribution < -0.4 is 0 Å². The van der Waals surface area contributed by atoms with E-state index >= 15 is 0 Å². The molecular formula is C17H22N4O3S. The Morgan fingerprint density at radius 3 is 2.64 bits per heavy atom. The molecule has 0 saturated heterocycles. The minimum atomic E-state index is -0.528. The normalized spacial score (nSPS) is 11.4. The molecule has 0 aliphatic carbocycles. The Kier molecular flexibility index (Phi) is 5.94. The van der Waals surface area contributed by atoms with E-state index in [-0.39, 0.29) is 18.1 Å². The molecule has 0 amide bonds. The zero-order chi connectivity index (χ0) is 18.6. The highest BCUT2D eigenvalue weighted by Crippen LogP contribution is 2.22. The number of carbonyl (C=O) groups is 2. The maximum atomic E-state index is 11.9. The molecule has 0 unspecified atom stereocenters. The smallest absolute Gasteiger partial charge is 0.316 e. The molecule has 1 aromatic heterocycles. The van der Waals surface area contributed by atoms with Gasteiger partial charge in [-0.3, -0.25) is 9.59 Å². The summed E-state index contributed by atoms with van der Waals surface area (Å²) in [6, 6.07) is 5.99. The third kappa shape index (κ3) is 5.12. The Morgan fingerprint density at radius 1 is 1.24 bits per heavy atom. The Bertz CT molecular complexity index is 780. The summed E-state index contributed by atoms with van der Waals surface area (Å²) in [7, 11) is 0. The van der Waals surface area contributed by atoms with Crippen molar-refractivity contribution in [3.63, 3.8) is 0 Å². The van der Waals surface area contributed by atoms with Gasteiger partial charge >= 0.3 is 5.97 Å². The second kappa shape index (κ2) is 7.77. The molecule has 134 valence electrons. The molecule has 7 nitrogen and oxygen atoms in total. The van der Waals surface area contributed by atoms with Crippen molar-refractivity contribution in [1.82, 2.24) is 20.2 Å². The van der Waals surface area contributed by atoms with Crippen LogP contribution in [0, 0.1) is 19.3 Å². The zero-order valence-electron chi connectivity index (χ0n) is 15.1. The van der Waals surface area contributed by atoms with Crippen LogP contribution in [0.1, 0.15) is 31.9 Å². The van der Waals surface area contributed by atoms with Gasteiger partial charge in [0.25, 0.3) is 0 Å². The van der Waals surface area contributed by atoms with E-state index < -0.39 is 11.4 Å². The van der Waals surface area contributed by atoms with Gasteiger partial charge in [-0.25, -0.2) is 0 Å². The van der Waals surface area contributed by atoms with Crippen LogP contribution in [0.2, 0.25) is 0 Å². The summed E-state index contributed by atoms with van der Waals surface area (Å²) in [5.74, 6) is -0.563. The number of ketones is 1. The molecule has 0 radical (unpaired) electrons. The van der Waals surface area contributed by atoms with Crippen LogP contribution >= 0.6 is 11.8 Å². The molecule has 2 rings (SSSR count). The van der Waals surface area contributed by atoms with Crippen molar-refractivity contribution in [2.24, 2.45) is 5.41 Å². The van der Waals surface area contributed by atoms with Crippen molar-refractivity contribution in [3.8, 4) is 5.69 Å². The molecule has 2 aromatic rings. The first-order valence-electron chi connectivity index (χ1n) is 7.86. The number of carbonyl (C=O) groups excluding carboxylic acids is 2. The topological polar surface area (TPSA) is 87.0 Å². The van der Waals surface area contributed by atoms with Gasteiger partial charge in [-0.2, -0.15) is 4.68 Å². The van der Waals surface area contributed by atoms with Crippen molar-refractivity contribution in [1.29, 1.82) is 0 Å². The van der Waals surface area contributed by atoms with Crippen LogP contribution in [0.5, 0.6) is 0 Å². The average molecular weight is 362 g/mol. The van der Waals surface area contributed by atoms with E-state index in [0.717, 1.165) is 16.8 Å². The van der Waals surface area contributed by atoms with Crippen molar-refractivity contribution < 1.29 is 14.3 Å². The summed E-state index contributed by atoms with van der Waals surface area (Å²) in [6.07, 6.45) is 0. The highest BCUT2D eigenvalue weighted by atomic mass is 32.2. The first kappa shape index (κ1) is 19.1.